The molecule has 0 radical (unpaired) electrons. The summed E-state index contributed by atoms with van der Waals surface area (Å²) in [7, 11) is -3.21. The summed E-state index contributed by atoms with van der Waals surface area (Å²) in [6, 6.07) is 5.90. The predicted octanol–water partition coefficient (Wildman–Crippen LogP) is -0.219. The molecule has 0 heterocycles. The largest absolute Gasteiger partial charge is 0.493 e. The first kappa shape index (κ1) is 14.4. The van der Waals surface area contributed by atoms with Crippen LogP contribution in [0.1, 0.15) is 6.42 Å². The third-order valence-corrected chi connectivity index (χ3v) is 3.13. The van der Waals surface area contributed by atoms with Gasteiger partial charge in [-0.2, -0.15) is 0 Å². The average molecular weight is 274 g/mol. The number of rotatable bonds is 6. The second-order valence-electron chi connectivity index (χ2n) is 3.43. The number of nitrogens with one attached hydrogen (secondary N) is 1. The Labute approximate surface area is 105 Å². The summed E-state index contributed by atoms with van der Waals surface area (Å²) in [5, 5.41) is 0. The van der Waals surface area contributed by atoms with E-state index in [1.165, 1.54) is 24.3 Å². The number of benzene rings is 1. The number of hydrogen-bond acceptors (Lipinski definition) is 7. The van der Waals surface area contributed by atoms with E-state index < -0.39 is 15.8 Å². The molecule has 0 bridgehead atoms. The molecular formula is C10H14N2O5S. The summed E-state index contributed by atoms with van der Waals surface area (Å²) < 4.78 is 27.6. The van der Waals surface area contributed by atoms with Crippen LogP contribution in [0.2, 0.25) is 0 Å². The van der Waals surface area contributed by atoms with Crippen LogP contribution in [0.15, 0.2) is 29.2 Å². The molecule has 3 N–H and O–H groups in total. The van der Waals surface area contributed by atoms with Gasteiger partial charge in [0.25, 0.3) is 0 Å². The number of ether oxygens (including phenoxy) is 1. The minimum absolute atomic E-state index is 0.0258. The monoisotopic (exact) mass is 274 g/mol. The molecule has 0 saturated heterocycles. The van der Waals surface area contributed by atoms with Crippen LogP contribution < -0.4 is 16.2 Å². The molecule has 8 heteroatoms. The molecule has 0 atom stereocenters. The van der Waals surface area contributed by atoms with Crippen LogP contribution in [0.25, 0.3) is 0 Å². The van der Waals surface area contributed by atoms with Crippen LogP contribution in [0.4, 0.5) is 0 Å². The minimum atomic E-state index is -3.21. The third kappa shape index (κ3) is 4.70. The van der Waals surface area contributed by atoms with E-state index >= 15 is 0 Å². The molecule has 100 valence electrons. The van der Waals surface area contributed by atoms with Gasteiger partial charge in [-0.25, -0.2) is 14.3 Å². The number of carbonyl (C=O) groups is 1. The fourth-order valence-corrected chi connectivity index (χ4v) is 1.78. The fraction of sp³-hybridized carbons (Fsp3) is 0.300. The molecular weight excluding hydrogens is 260 g/mol. The van der Waals surface area contributed by atoms with Crippen molar-refractivity contribution in [2.75, 3.05) is 12.9 Å². The van der Waals surface area contributed by atoms with E-state index in [0.29, 0.717) is 5.75 Å². The number of carbonyl (C=O) groups excluding carboxylic acids is 1. The molecule has 0 amide bonds. The van der Waals surface area contributed by atoms with Crippen LogP contribution in [-0.2, 0) is 19.5 Å². The van der Waals surface area contributed by atoms with Crippen molar-refractivity contribution < 1.29 is 22.8 Å². The van der Waals surface area contributed by atoms with Gasteiger partial charge < -0.3 is 9.57 Å². The highest BCUT2D eigenvalue weighted by Crippen LogP contribution is 2.15. The van der Waals surface area contributed by atoms with Crippen molar-refractivity contribution >= 4 is 15.8 Å². The third-order valence-electron chi connectivity index (χ3n) is 2.00. The van der Waals surface area contributed by atoms with Gasteiger partial charge in [-0.05, 0) is 24.3 Å². The molecule has 0 saturated carbocycles. The second-order valence-corrected chi connectivity index (χ2v) is 5.45. The Hall–Kier alpha value is -1.64. The summed E-state index contributed by atoms with van der Waals surface area (Å²) in [5.41, 5.74) is 1.77. The molecule has 7 nitrogen and oxygen atoms in total. The highest BCUT2D eigenvalue weighted by atomic mass is 32.2. The molecule has 1 aromatic carbocycles. The predicted molar refractivity (Wildman–Crippen MR) is 63.1 cm³/mol. The van der Waals surface area contributed by atoms with E-state index in [1.54, 1.807) is 5.59 Å². The zero-order chi connectivity index (χ0) is 13.6. The Balaban J connectivity index is 2.47. The van der Waals surface area contributed by atoms with Crippen LogP contribution in [0.5, 0.6) is 5.75 Å². The lowest BCUT2D eigenvalue weighted by atomic mass is 10.3. The van der Waals surface area contributed by atoms with Crippen LogP contribution >= 0.6 is 0 Å². The van der Waals surface area contributed by atoms with Crippen LogP contribution in [0, 0.1) is 0 Å². The maximum absolute atomic E-state index is 11.2. The van der Waals surface area contributed by atoms with E-state index in [1.807, 2.05) is 0 Å². The van der Waals surface area contributed by atoms with Gasteiger partial charge >= 0.3 is 5.97 Å². The van der Waals surface area contributed by atoms with Crippen molar-refractivity contribution in [3.63, 3.8) is 0 Å². The molecule has 0 spiro atoms. The molecule has 0 aliphatic carbocycles. The number of nitrogens with two attached hydrogens (primary N) is 1. The number of hydrazine groups is 1. The van der Waals surface area contributed by atoms with Gasteiger partial charge in [-0.1, -0.05) is 5.59 Å². The van der Waals surface area contributed by atoms with Crippen molar-refractivity contribution in [1.29, 1.82) is 0 Å². The Kier molecular flexibility index (Phi) is 5.08. The number of sulfone groups is 1. The van der Waals surface area contributed by atoms with E-state index in [2.05, 4.69) is 4.84 Å². The van der Waals surface area contributed by atoms with Gasteiger partial charge in [0.15, 0.2) is 9.84 Å². The van der Waals surface area contributed by atoms with Gasteiger partial charge in [0.05, 0.1) is 17.9 Å². The Morgan fingerprint density at radius 3 is 2.44 bits per heavy atom. The van der Waals surface area contributed by atoms with Gasteiger partial charge in [0.1, 0.15) is 5.75 Å². The van der Waals surface area contributed by atoms with Crippen molar-refractivity contribution in [3.8, 4) is 5.75 Å². The first-order chi connectivity index (χ1) is 8.43. The molecule has 1 aromatic rings. The molecule has 18 heavy (non-hydrogen) atoms. The summed E-state index contributed by atoms with van der Waals surface area (Å²) in [5.74, 6) is 4.70. The zero-order valence-corrected chi connectivity index (χ0v) is 10.6. The summed E-state index contributed by atoms with van der Waals surface area (Å²) in [6.07, 6.45) is 1.15. The lowest BCUT2D eigenvalue weighted by Gasteiger charge is -2.06. The standard InChI is InChI=1S/C10H14N2O5S/c1-18(14,15)9-4-2-8(3-5-9)16-7-6-10(13)17-12-11/h2-5,12H,6-7,11H2,1H3. The first-order valence-electron chi connectivity index (χ1n) is 5.01. The van der Waals surface area contributed by atoms with Crippen LogP contribution in [0.3, 0.4) is 0 Å². The molecule has 0 fully saturated rings. The Morgan fingerprint density at radius 1 is 1.33 bits per heavy atom. The lowest BCUT2D eigenvalue weighted by Crippen LogP contribution is -2.26. The smallest absolute Gasteiger partial charge is 0.329 e. The maximum atomic E-state index is 11.2. The van der Waals surface area contributed by atoms with Gasteiger partial charge in [0.2, 0.25) is 0 Å². The fourth-order valence-electron chi connectivity index (χ4n) is 1.15. The van der Waals surface area contributed by atoms with Crippen molar-refractivity contribution in [3.05, 3.63) is 24.3 Å². The van der Waals surface area contributed by atoms with E-state index in [0.717, 1.165) is 6.26 Å². The normalized spacial score (nSPS) is 11.0. The van der Waals surface area contributed by atoms with Gasteiger partial charge in [-0.3, -0.25) is 4.79 Å². The van der Waals surface area contributed by atoms with Gasteiger partial charge in [-0.15, -0.1) is 0 Å². The summed E-state index contributed by atoms with van der Waals surface area (Å²) in [4.78, 5) is 15.4. The average Bonchev–Trinajstić information content (AvgIpc) is 2.29. The van der Waals surface area contributed by atoms with Crippen molar-refractivity contribution in [2.24, 2.45) is 5.84 Å². The Bertz CT molecular complexity index is 498. The number of hydrogen-bond donors (Lipinski definition) is 2. The van der Waals surface area contributed by atoms with Crippen molar-refractivity contribution in [1.82, 2.24) is 5.59 Å². The van der Waals surface area contributed by atoms with E-state index in [4.69, 9.17) is 10.6 Å². The van der Waals surface area contributed by atoms with E-state index in [-0.39, 0.29) is 17.9 Å². The molecule has 0 aromatic heterocycles. The summed E-state index contributed by atoms with van der Waals surface area (Å²) in [6.45, 7) is 0.110. The minimum Gasteiger partial charge on any atom is -0.493 e. The van der Waals surface area contributed by atoms with E-state index in [9.17, 15) is 13.2 Å². The highest BCUT2D eigenvalue weighted by molar-refractivity contribution is 7.90. The van der Waals surface area contributed by atoms with Crippen LogP contribution in [-0.4, -0.2) is 27.2 Å². The SMILES string of the molecule is CS(=O)(=O)c1ccc(OCCC(=O)ONN)cc1. The zero-order valence-electron chi connectivity index (χ0n) is 9.75. The maximum Gasteiger partial charge on any atom is 0.329 e. The Morgan fingerprint density at radius 2 is 1.94 bits per heavy atom. The molecule has 0 aliphatic heterocycles. The quantitative estimate of drug-likeness (QED) is 0.545. The lowest BCUT2D eigenvalue weighted by molar-refractivity contribution is -0.151. The van der Waals surface area contributed by atoms with Gasteiger partial charge in [0, 0.05) is 6.26 Å². The second kappa shape index (κ2) is 6.34. The molecule has 1 rings (SSSR count). The topological polar surface area (TPSA) is 108 Å². The highest BCUT2D eigenvalue weighted by Gasteiger charge is 2.07. The summed E-state index contributed by atoms with van der Waals surface area (Å²) >= 11 is 0. The first-order valence-corrected chi connectivity index (χ1v) is 6.91. The molecule has 0 aliphatic rings. The van der Waals surface area contributed by atoms with Crippen molar-refractivity contribution in [2.45, 2.75) is 11.3 Å². The molecule has 0 unspecified atom stereocenters.